The number of nitrogens with zero attached hydrogens (tertiary/aromatic N) is 4. The van der Waals surface area contributed by atoms with Crippen molar-refractivity contribution in [2.24, 2.45) is 5.92 Å². The van der Waals surface area contributed by atoms with Gasteiger partial charge in [0.25, 0.3) is 0 Å². The SMILES string of the molecule is Fc1cnc(N2CC3CCC(C2)NC3)nc1Nc1ccc2[nH]ncc2c1. The molecule has 2 unspecified atom stereocenters. The number of benzene rings is 1. The average molecular weight is 353 g/mol. The standard InChI is InChI=1S/C18H20FN7/c19-15-8-21-18(26-9-11-1-2-14(10-26)20-6-11)24-17(15)23-13-3-4-16-12(5-13)7-22-25-16/h3-5,7-8,11,14,20H,1-2,6,9-10H2,(H,22,25)(H,21,23,24). The van der Waals surface area contributed by atoms with E-state index in [9.17, 15) is 4.39 Å². The molecule has 3 saturated heterocycles. The van der Waals surface area contributed by atoms with Crippen LogP contribution in [-0.4, -0.2) is 45.8 Å². The molecule has 3 N–H and O–H groups in total. The van der Waals surface area contributed by atoms with Gasteiger partial charge in [0.2, 0.25) is 5.95 Å². The number of fused-ring (bicyclic) bond motifs is 5. The third-order valence-corrected chi connectivity index (χ3v) is 5.26. The van der Waals surface area contributed by atoms with Gasteiger partial charge in [-0.2, -0.15) is 10.1 Å². The van der Waals surface area contributed by atoms with Crippen molar-refractivity contribution in [1.82, 2.24) is 25.5 Å². The first-order chi connectivity index (χ1) is 12.7. The molecule has 3 aliphatic heterocycles. The lowest BCUT2D eigenvalue weighted by atomic mass is 9.97. The lowest BCUT2D eigenvalue weighted by Gasteiger charge is -2.23. The molecule has 5 heterocycles. The number of nitrogens with one attached hydrogen (secondary N) is 3. The summed E-state index contributed by atoms with van der Waals surface area (Å²) in [5, 5.41) is 14.5. The van der Waals surface area contributed by atoms with Gasteiger partial charge < -0.3 is 15.5 Å². The van der Waals surface area contributed by atoms with Crippen molar-refractivity contribution in [1.29, 1.82) is 0 Å². The van der Waals surface area contributed by atoms with Gasteiger partial charge in [0.1, 0.15) is 0 Å². The molecular weight excluding hydrogens is 333 g/mol. The normalized spacial score (nSPS) is 22.6. The van der Waals surface area contributed by atoms with E-state index in [1.165, 1.54) is 19.0 Å². The Morgan fingerprint density at radius 3 is 3.04 bits per heavy atom. The molecule has 2 aromatic heterocycles. The van der Waals surface area contributed by atoms with Crippen LogP contribution >= 0.6 is 0 Å². The smallest absolute Gasteiger partial charge is 0.227 e. The van der Waals surface area contributed by atoms with E-state index in [0.717, 1.165) is 36.2 Å². The van der Waals surface area contributed by atoms with Crippen molar-refractivity contribution < 1.29 is 4.39 Å². The number of hydrogen-bond donors (Lipinski definition) is 3. The van der Waals surface area contributed by atoms with Gasteiger partial charge >= 0.3 is 0 Å². The number of hydrogen-bond acceptors (Lipinski definition) is 6. The third-order valence-electron chi connectivity index (χ3n) is 5.26. The number of piperidine rings is 1. The fourth-order valence-corrected chi connectivity index (χ4v) is 3.86. The lowest BCUT2D eigenvalue weighted by Crippen LogP contribution is -2.39. The van der Waals surface area contributed by atoms with Crippen LogP contribution in [0.25, 0.3) is 10.9 Å². The molecule has 26 heavy (non-hydrogen) atoms. The van der Waals surface area contributed by atoms with Crippen molar-refractivity contribution in [3.8, 4) is 0 Å². The number of rotatable bonds is 3. The van der Waals surface area contributed by atoms with Gasteiger partial charge in [-0.05, 0) is 43.5 Å². The van der Waals surface area contributed by atoms with Crippen LogP contribution in [0.3, 0.4) is 0 Å². The van der Waals surface area contributed by atoms with E-state index < -0.39 is 5.82 Å². The van der Waals surface area contributed by atoms with Crippen LogP contribution in [0.2, 0.25) is 0 Å². The lowest BCUT2D eigenvalue weighted by molar-refractivity contribution is 0.360. The predicted molar refractivity (Wildman–Crippen MR) is 98.1 cm³/mol. The summed E-state index contributed by atoms with van der Waals surface area (Å²) in [5.41, 5.74) is 1.70. The Balaban J connectivity index is 1.43. The highest BCUT2D eigenvalue weighted by atomic mass is 19.1. The van der Waals surface area contributed by atoms with E-state index in [0.29, 0.717) is 17.9 Å². The minimum absolute atomic E-state index is 0.197. The molecule has 2 bridgehead atoms. The van der Waals surface area contributed by atoms with E-state index in [1.807, 2.05) is 18.2 Å². The zero-order valence-corrected chi connectivity index (χ0v) is 14.2. The summed E-state index contributed by atoms with van der Waals surface area (Å²) in [4.78, 5) is 10.9. The summed E-state index contributed by atoms with van der Waals surface area (Å²) in [6.07, 6.45) is 5.40. The monoisotopic (exact) mass is 353 g/mol. The number of anilines is 3. The molecule has 3 aromatic rings. The molecule has 8 heteroatoms. The second-order valence-electron chi connectivity index (χ2n) is 7.12. The Morgan fingerprint density at radius 2 is 2.15 bits per heavy atom. The first-order valence-electron chi connectivity index (χ1n) is 8.95. The summed E-state index contributed by atoms with van der Waals surface area (Å²) in [6, 6.07) is 6.15. The summed E-state index contributed by atoms with van der Waals surface area (Å²) in [7, 11) is 0. The van der Waals surface area contributed by atoms with E-state index >= 15 is 0 Å². The van der Waals surface area contributed by atoms with Crippen LogP contribution in [0, 0.1) is 11.7 Å². The topological polar surface area (TPSA) is 81.8 Å². The van der Waals surface area contributed by atoms with Crippen molar-refractivity contribution in [2.45, 2.75) is 18.9 Å². The van der Waals surface area contributed by atoms with Gasteiger partial charge in [0, 0.05) is 30.2 Å². The van der Waals surface area contributed by atoms with Crippen LogP contribution < -0.4 is 15.5 Å². The summed E-state index contributed by atoms with van der Waals surface area (Å²) in [5.74, 6) is 0.917. The number of aromatic amines is 1. The van der Waals surface area contributed by atoms with Gasteiger partial charge in [-0.15, -0.1) is 0 Å². The minimum Gasteiger partial charge on any atom is -0.339 e. The van der Waals surface area contributed by atoms with Crippen molar-refractivity contribution in [2.75, 3.05) is 29.9 Å². The van der Waals surface area contributed by atoms with Gasteiger partial charge in [0.05, 0.1) is 17.9 Å². The molecule has 134 valence electrons. The van der Waals surface area contributed by atoms with Crippen LogP contribution in [0.1, 0.15) is 12.8 Å². The Hall–Kier alpha value is -2.74. The van der Waals surface area contributed by atoms with E-state index in [2.05, 4.69) is 35.7 Å². The van der Waals surface area contributed by atoms with Gasteiger partial charge in [-0.25, -0.2) is 9.37 Å². The first kappa shape index (κ1) is 15.5. The quantitative estimate of drug-likeness (QED) is 0.671. The van der Waals surface area contributed by atoms with Crippen LogP contribution in [0.15, 0.2) is 30.6 Å². The summed E-state index contributed by atoms with van der Waals surface area (Å²) >= 11 is 0. The number of aromatic nitrogens is 4. The highest BCUT2D eigenvalue weighted by Crippen LogP contribution is 2.26. The molecule has 3 fully saturated rings. The van der Waals surface area contributed by atoms with Crippen molar-refractivity contribution in [3.05, 3.63) is 36.4 Å². The molecule has 0 amide bonds. The molecule has 0 radical (unpaired) electrons. The fraction of sp³-hybridized carbons (Fsp3) is 0.389. The Bertz CT molecular complexity index is 918. The van der Waals surface area contributed by atoms with Gasteiger partial charge in [-0.3, -0.25) is 5.10 Å². The van der Waals surface area contributed by atoms with Crippen LogP contribution in [-0.2, 0) is 0 Å². The number of halogens is 1. The molecule has 1 aromatic carbocycles. The second kappa shape index (κ2) is 6.21. The summed E-state index contributed by atoms with van der Waals surface area (Å²) in [6.45, 7) is 2.82. The molecule has 7 nitrogen and oxygen atoms in total. The molecule has 3 aliphatic rings. The Labute approximate surface area is 150 Å². The van der Waals surface area contributed by atoms with Crippen LogP contribution in [0.4, 0.5) is 21.8 Å². The van der Waals surface area contributed by atoms with Gasteiger partial charge in [0.15, 0.2) is 11.6 Å². The van der Waals surface area contributed by atoms with Crippen molar-refractivity contribution in [3.63, 3.8) is 0 Å². The fourth-order valence-electron chi connectivity index (χ4n) is 3.86. The summed E-state index contributed by atoms with van der Waals surface area (Å²) < 4.78 is 14.3. The minimum atomic E-state index is -0.461. The molecule has 0 spiro atoms. The highest BCUT2D eigenvalue weighted by molar-refractivity contribution is 5.82. The maximum Gasteiger partial charge on any atom is 0.227 e. The maximum absolute atomic E-state index is 14.3. The first-order valence-corrected chi connectivity index (χ1v) is 8.95. The zero-order chi connectivity index (χ0) is 17.5. The predicted octanol–water partition coefficient (Wildman–Crippen LogP) is 2.42. The van der Waals surface area contributed by atoms with E-state index in [1.54, 1.807) is 6.20 Å². The van der Waals surface area contributed by atoms with Gasteiger partial charge in [-0.1, -0.05) is 0 Å². The Morgan fingerprint density at radius 1 is 1.19 bits per heavy atom. The average Bonchev–Trinajstić information content (AvgIpc) is 2.91. The number of H-pyrrole nitrogens is 1. The molecular formula is C18H20FN7. The van der Waals surface area contributed by atoms with E-state index in [4.69, 9.17) is 0 Å². The molecule has 0 saturated carbocycles. The molecule has 6 rings (SSSR count). The molecule has 0 aliphatic carbocycles. The van der Waals surface area contributed by atoms with Crippen molar-refractivity contribution >= 4 is 28.4 Å². The molecule has 2 atom stereocenters. The largest absolute Gasteiger partial charge is 0.339 e. The second-order valence-corrected chi connectivity index (χ2v) is 7.12. The zero-order valence-electron chi connectivity index (χ0n) is 14.2. The van der Waals surface area contributed by atoms with Crippen LogP contribution in [0.5, 0.6) is 0 Å². The third kappa shape index (κ3) is 2.86. The Kier molecular flexibility index (Phi) is 3.70. The maximum atomic E-state index is 14.3. The van der Waals surface area contributed by atoms with E-state index in [-0.39, 0.29) is 5.82 Å². The highest BCUT2D eigenvalue weighted by Gasteiger charge is 2.30.